The summed E-state index contributed by atoms with van der Waals surface area (Å²) >= 11 is 0. The van der Waals surface area contributed by atoms with Crippen molar-refractivity contribution in [2.45, 2.75) is 5.92 Å². The number of aromatic nitrogens is 2. The molecule has 1 atom stereocenters. The van der Waals surface area contributed by atoms with Crippen LogP contribution in [0, 0.1) is 11.3 Å². The van der Waals surface area contributed by atoms with Crippen molar-refractivity contribution >= 4 is 0 Å². The van der Waals surface area contributed by atoms with Crippen LogP contribution in [0.1, 0.15) is 17.0 Å². The Labute approximate surface area is 136 Å². The molecule has 1 aliphatic heterocycles. The topological polar surface area (TPSA) is 123 Å². The molecule has 1 aliphatic rings. The highest BCUT2D eigenvalue weighted by atomic mass is 16.5. The Kier molecular flexibility index (Phi) is 3.41. The molecule has 0 aliphatic carbocycles. The van der Waals surface area contributed by atoms with Crippen molar-refractivity contribution < 1.29 is 9.84 Å². The molecule has 0 saturated carbocycles. The van der Waals surface area contributed by atoms with E-state index >= 15 is 0 Å². The Morgan fingerprint density at radius 1 is 1.29 bits per heavy atom. The molecule has 0 bridgehead atoms. The van der Waals surface area contributed by atoms with Crippen LogP contribution >= 0.6 is 0 Å². The summed E-state index contributed by atoms with van der Waals surface area (Å²) in [5.41, 5.74) is 5.34. The number of allylic oxidation sites excluding steroid dienone is 1. The molecule has 8 nitrogen and oxygen atoms in total. The summed E-state index contributed by atoms with van der Waals surface area (Å²) in [5, 5.41) is 19.2. The van der Waals surface area contributed by atoms with Crippen molar-refractivity contribution in [2.75, 3.05) is 0 Å². The van der Waals surface area contributed by atoms with E-state index in [1.165, 1.54) is 26.2 Å². The molecule has 3 N–H and O–H groups in total. The van der Waals surface area contributed by atoms with Crippen LogP contribution in [0.25, 0.3) is 0 Å². The molecule has 2 heterocycles. The van der Waals surface area contributed by atoms with Gasteiger partial charge in [0.25, 0.3) is 5.56 Å². The van der Waals surface area contributed by atoms with Crippen LogP contribution in [0.2, 0.25) is 0 Å². The van der Waals surface area contributed by atoms with Gasteiger partial charge in [0.15, 0.2) is 0 Å². The smallest absolute Gasteiger partial charge is 0.333 e. The molecule has 1 aromatic heterocycles. The summed E-state index contributed by atoms with van der Waals surface area (Å²) in [4.78, 5) is 24.8. The van der Waals surface area contributed by atoms with Gasteiger partial charge in [0.05, 0.1) is 11.5 Å². The standard InChI is InChI=1S/C16H14N4O4/c1-19-14(22)12-11(8-4-3-5-9(21)6-8)10(7-17)13(18)24-15(12)20(2)16(19)23/h3-6,11,21H,18H2,1-2H3. The second kappa shape index (κ2) is 5.31. The molecule has 0 radical (unpaired) electrons. The van der Waals surface area contributed by atoms with Gasteiger partial charge in [-0.05, 0) is 17.7 Å². The number of phenolic OH excluding ortho intramolecular Hbond substituents is 1. The summed E-state index contributed by atoms with van der Waals surface area (Å²) in [6.07, 6.45) is 0. The fourth-order valence-corrected chi connectivity index (χ4v) is 2.83. The Bertz CT molecular complexity index is 1040. The number of nitriles is 1. The lowest BCUT2D eigenvalue weighted by molar-refractivity contribution is 0.348. The molecule has 2 aromatic rings. The van der Waals surface area contributed by atoms with E-state index in [1.807, 2.05) is 6.07 Å². The maximum atomic E-state index is 12.7. The first kappa shape index (κ1) is 15.4. The van der Waals surface area contributed by atoms with E-state index in [0.29, 0.717) is 5.56 Å². The van der Waals surface area contributed by atoms with Gasteiger partial charge in [-0.15, -0.1) is 0 Å². The first-order valence-corrected chi connectivity index (χ1v) is 7.03. The Hall–Kier alpha value is -3.47. The van der Waals surface area contributed by atoms with Gasteiger partial charge in [-0.3, -0.25) is 13.9 Å². The van der Waals surface area contributed by atoms with Crippen LogP contribution in [-0.2, 0) is 14.1 Å². The van der Waals surface area contributed by atoms with Gasteiger partial charge < -0.3 is 15.6 Å². The van der Waals surface area contributed by atoms with E-state index < -0.39 is 17.2 Å². The maximum Gasteiger partial charge on any atom is 0.333 e. The molecule has 0 spiro atoms. The number of hydrogen-bond acceptors (Lipinski definition) is 6. The molecule has 0 saturated heterocycles. The third-order valence-electron chi connectivity index (χ3n) is 4.02. The van der Waals surface area contributed by atoms with Crippen molar-refractivity contribution in [1.29, 1.82) is 5.26 Å². The Balaban J connectivity index is 2.44. The summed E-state index contributed by atoms with van der Waals surface area (Å²) in [5.74, 6) is -1.04. The zero-order chi connectivity index (χ0) is 17.6. The molecule has 8 heteroatoms. The van der Waals surface area contributed by atoms with E-state index in [9.17, 15) is 20.0 Å². The highest BCUT2D eigenvalue weighted by Gasteiger charge is 2.35. The monoisotopic (exact) mass is 326 g/mol. The molecule has 0 fully saturated rings. The van der Waals surface area contributed by atoms with E-state index in [1.54, 1.807) is 12.1 Å². The fraction of sp³-hybridized carbons (Fsp3) is 0.188. The first-order chi connectivity index (χ1) is 11.4. The van der Waals surface area contributed by atoms with Gasteiger partial charge in [0.2, 0.25) is 11.8 Å². The van der Waals surface area contributed by atoms with Gasteiger partial charge in [0, 0.05) is 14.1 Å². The third-order valence-corrected chi connectivity index (χ3v) is 4.02. The number of nitrogens with zero attached hydrogens (tertiary/aromatic N) is 3. The van der Waals surface area contributed by atoms with Gasteiger partial charge in [0.1, 0.15) is 17.4 Å². The van der Waals surface area contributed by atoms with E-state index in [4.69, 9.17) is 10.5 Å². The fourth-order valence-electron chi connectivity index (χ4n) is 2.83. The first-order valence-electron chi connectivity index (χ1n) is 7.03. The Morgan fingerprint density at radius 3 is 2.62 bits per heavy atom. The zero-order valence-corrected chi connectivity index (χ0v) is 13.0. The maximum absolute atomic E-state index is 12.7. The number of nitrogens with two attached hydrogens (primary N) is 1. The number of phenols is 1. The summed E-state index contributed by atoms with van der Waals surface area (Å²) < 4.78 is 7.49. The summed E-state index contributed by atoms with van der Waals surface area (Å²) in [6.45, 7) is 0. The number of hydrogen-bond donors (Lipinski definition) is 2. The molecule has 1 unspecified atom stereocenters. The number of benzene rings is 1. The zero-order valence-electron chi connectivity index (χ0n) is 13.0. The average Bonchev–Trinajstić information content (AvgIpc) is 2.57. The highest BCUT2D eigenvalue weighted by Crippen LogP contribution is 2.39. The molecule has 24 heavy (non-hydrogen) atoms. The molecular formula is C16H14N4O4. The predicted octanol–water partition coefficient (Wildman–Crippen LogP) is 0.00778. The van der Waals surface area contributed by atoms with Crippen LogP contribution in [0.5, 0.6) is 11.6 Å². The third kappa shape index (κ3) is 2.06. The average molecular weight is 326 g/mol. The molecule has 3 rings (SSSR count). The molecular weight excluding hydrogens is 312 g/mol. The summed E-state index contributed by atoms with van der Waals surface area (Å²) in [6, 6.07) is 8.13. The van der Waals surface area contributed by atoms with Crippen LogP contribution < -0.4 is 21.7 Å². The second-order valence-corrected chi connectivity index (χ2v) is 5.44. The van der Waals surface area contributed by atoms with Crippen LogP contribution in [0.15, 0.2) is 45.3 Å². The van der Waals surface area contributed by atoms with Crippen LogP contribution in [-0.4, -0.2) is 14.2 Å². The lowest BCUT2D eigenvalue weighted by Gasteiger charge is -2.27. The highest BCUT2D eigenvalue weighted by molar-refractivity contribution is 5.53. The second-order valence-electron chi connectivity index (χ2n) is 5.44. The minimum atomic E-state index is -0.837. The Morgan fingerprint density at radius 2 is 2.00 bits per heavy atom. The molecule has 0 amide bonds. The molecule has 122 valence electrons. The SMILES string of the molecule is Cn1c2c(c(=O)n(C)c1=O)C(c1cccc(O)c1)C(C#N)=C(N)O2. The lowest BCUT2D eigenvalue weighted by Crippen LogP contribution is -2.42. The molecule has 1 aromatic carbocycles. The normalized spacial score (nSPS) is 16.3. The number of rotatable bonds is 1. The minimum Gasteiger partial charge on any atom is -0.508 e. The minimum absolute atomic E-state index is 0.00653. The number of ether oxygens (including phenoxy) is 1. The predicted molar refractivity (Wildman–Crippen MR) is 84.3 cm³/mol. The van der Waals surface area contributed by atoms with Crippen molar-refractivity contribution in [3.63, 3.8) is 0 Å². The van der Waals surface area contributed by atoms with Crippen molar-refractivity contribution in [2.24, 2.45) is 19.8 Å². The lowest BCUT2D eigenvalue weighted by atomic mass is 9.85. The van der Waals surface area contributed by atoms with Crippen molar-refractivity contribution in [1.82, 2.24) is 9.13 Å². The quantitative estimate of drug-likeness (QED) is 0.761. The van der Waals surface area contributed by atoms with Crippen molar-refractivity contribution in [3.8, 4) is 17.7 Å². The van der Waals surface area contributed by atoms with Gasteiger partial charge in [-0.1, -0.05) is 12.1 Å². The van der Waals surface area contributed by atoms with Gasteiger partial charge in [-0.25, -0.2) is 4.79 Å². The number of aromatic hydroxyl groups is 1. The van der Waals surface area contributed by atoms with E-state index in [-0.39, 0.29) is 28.6 Å². The van der Waals surface area contributed by atoms with E-state index in [2.05, 4.69) is 0 Å². The van der Waals surface area contributed by atoms with E-state index in [0.717, 1.165) is 9.13 Å². The largest absolute Gasteiger partial charge is 0.508 e. The van der Waals surface area contributed by atoms with Crippen LogP contribution in [0.3, 0.4) is 0 Å². The van der Waals surface area contributed by atoms with Gasteiger partial charge >= 0.3 is 5.69 Å². The summed E-state index contributed by atoms with van der Waals surface area (Å²) in [7, 11) is 2.79. The van der Waals surface area contributed by atoms with Crippen LogP contribution in [0.4, 0.5) is 0 Å². The van der Waals surface area contributed by atoms with Crippen molar-refractivity contribution in [3.05, 3.63) is 67.7 Å². The van der Waals surface area contributed by atoms with Gasteiger partial charge in [-0.2, -0.15) is 5.26 Å². The number of fused-ring (bicyclic) bond motifs is 1.